The summed E-state index contributed by atoms with van der Waals surface area (Å²) in [5.74, 6) is 1.93. The summed E-state index contributed by atoms with van der Waals surface area (Å²) in [7, 11) is 0. The standard InChI is InChI=1S/C19H31NO/c1-4-6-10-16(5-2)14-20-18-12-8-13-21-19-15(3)9-7-11-17(18)19/h7,9,11,16,18,20H,4-6,8,10,12-14H2,1-3H3. The number of hydrogen-bond acceptors (Lipinski definition) is 2. The molecule has 118 valence electrons. The Bertz CT molecular complexity index is 430. The van der Waals surface area contributed by atoms with Gasteiger partial charge in [-0.05, 0) is 44.2 Å². The van der Waals surface area contributed by atoms with Gasteiger partial charge in [0.25, 0.3) is 0 Å². The molecule has 2 atom stereocenters. The molecule has 2 rings (SSSR count). The fraction of sp³-hybridized carbons (Fsp3) is 0.684. The number of hydrogen-bond donors (Lipinski definition) is 1. The van der Waals surface area contributed by atoms with E-state index in [0.29, 0.717) is 6.04 Å². The second-order valence-corrected chi connectivity index (χ2v) is 6.36. The molecule has 0 saturated carbocycles. The summed E-state index contributed by atoms with van der Waals surface area (Å²) in [4.78, 5) is 0. The third kappa shape index (κ3) is 4.47. The van der Waals surface area contributed by atoms with Gasteiger partial charge in [-0.15, -0.1) is 0 Å². The van der Waals surface area contributed by atoms with E-state index >= 15 is 0 Å². The van der Waals surface area contributed by atoms with Gasteiger partial charge < -0.3 is 10.1 Å². The number of aryl methyl sites for hydroxylation is 1. The average Bonchev–Trinajstić information content (AvgIpc) is 2.71. The van der Waals surface area contributed by atoms with E-state index in [4.69, 9.17) is 4.74 Å². The Morgan fingerprint density at radius 3 is 2.95 bits per heavy atom. The summed E-state index contributed by atoms with van der Waals surface area (Å²) >= 11 is 0. The zero-order valence-corrected chi connectivity index (χ0v) is 14.0. The average molecular weight is 289 g/mol. The van der Waals surface area contributed by atoms with Crippen LogP contribution in [-0.2, 0) is 0 Å². The predicted octanol–water partition coefficient (Wildman–Crippen LogP) is 5.01. The van der Waals surface area contributed by atoms with E-state index in [-0.39, 0.29) is 0 Å². The van der Waals surface area contributed by atoms with E-state index in [0.717, 1.165) is 31.2 Å². The molecule has 1 aliphatic heterocycles. The minimum atomic E-state index is 0.457. The molecule has 0 aromatic heterocycles. The van der Waals surface area contributed by atoms with Crippen LogP contribution in [0.5, 0.6) is 5.75 Å². The van der Waals surface area contributed by atoms with Crippen molar-refractivity contribution in [3.05, 3.63) is 29.3 Å². The zero-order chi connectivity index (χ0) is 15.1. The summed E-state index contributed by atoms with van der Waals surface area (Å²) in [5, 5.41) is 3.82. The Balaban J connectivity index is 2.01. The maximum atomic E-state index is 5.97. The van der Waals surface area contributed by atoms with Crippen LogP contribution in [-0.4, -0.2) is 13.2 Å². The second kappa shape index (κ2) is 8.43. The van der Waals surface area contributed by atoms with E-state index in [1.807, 2.05) is 0 Å². The summed E-state index contributed by atoms with van der Waals surface area (Å²) in [6.07, 6.45) is 7.60. The molecular formula is C19H31NO. The minimum Gasteiger partial charge on any atom is -0.493 e. The molecule has 2 heteroatoms. The topological polar surface area (TPSA) is 21.3 Å². The van der Waals surface area contributed by atoms with Gasteiger partial charge in [-0.2, -0.15) is 0 Å². The van der Waals surface area contributed by atoms with Gasteiger partial charge in [-0.1, -0.05) is 51.3 Å². The van der Waals surface area contributed by atoms with Crippen LogP contribution in [0.25, 0.3) is 0 Å². The van der Waals surface area contributed by atoms with Crippen molar-refractivity contribution in [2.45, 2.75) is 65.3 Å². The minimum absolute atomic E-state index is 0.457. The van der Waals surface area contributed by atoms with Crippen LogP contribution >= 0.6 is 0 Å². The van der Waals surface area contributed by atoms with Crippen LogP contribution in [0.3, 0.4) is 0 Å². The Hall–Kier alpha value is -1.02. The van der Waals surface area contributed by atoms with Crippen molar-refractivity contribution in [2.75, 3.05) is 13.2 Å². The second-order valence-electron chi connectivity index (χ2n) is 6.36. The number of benzene rings is 1. The molecule has 0 fully saturated rings. The largest absolute Gasteiger partial charge is 0.493 e. The molecule has 0 spiro atoms. The molecule has 1 aromatic rings. The van der Waals surface area contributed by atoms with Crippen LogP contribution in [0.15, 0.2) is 18.2 Å². The highest BCUT2D eigenvalue weighted by Crippen LogP contribution is 2.34. The van der Waals surface area contributed by atoms with Crippen molar-refractivity contribution >= 4 is 0 Å². The highest BCUT2D eigenvalue weighted by Gasteiger charge is 2.21. The van der Waals surface area contributed by atoms with E-state index < -0.39 is 0 Å². The van der Waals surface area contributed by atoms with E-state index in [1.165, 1.54) is 43.2 Å². The van der Waals surface area contributed by atoms with Crippen molar-refractivity contribution in [2.24, 2.45) is 5.92 Å². The summed E-state index contributed by atoms with van der Waals surface area (Å²) in [5.41, 5.74) is 2.62. The fourth-order valence-corrected chi connectivity index (χ4v) is 3.23. The Labute approximate surface area is 130 Å². The van der Waals surface area contributed by atoms with Gasteiger partial charge in [-0.3, -0.25) is 0 Å². The van der Waals surface area contributed by atoms with Crippen molar-refractivity contribution in [1.29, 1.82) is 0 Å². The maximum absolute atomic E-state index is 5.97. The van der Waals surface area contributed by atoms with Gasteiger partial charge in [0, 0.05) is 11.6 Å². The molecule has 1 aliphatic rings. The first-order chi connectivity index (χ1) is 10.3. The SMILES string of the molecule is CCCCC(CC)CNC1CCCOc2c(C)cccc21. The third-order valence-electron chi connectivity index (χ3n) is 4.70. The molecule has 1 N–H and O–H groups in total. The molecule has 1 aromatic carbocycles. The van der Waals surface area contributed by atoms with Crippen molar-refractivity contribution in [3.8, 4) is 5.75 Å². The van der Waals surface area contributed by atoms with Crippen molar-refractivity contribution in [1.82, 2.24) is 5.32 Å². The van der Waals surface area contributed by atoms with Crippen molar-refractivity contribution < 1.29 is 4.74 Å². The van der Waals surface area contributed by atoms with Gasteiger partial charge in [-0.25, -0.2) is 0 Å². The molecule has 0 radical (unpaired) electrons. The number of ether oxygens (including phenoxy) is 1. The molecule has 0 amide bonds. The summed E-state index contributed by atoms with van der Waals surface area (Å²) < 4.78 is 5.97. The number of unbranched alkanes of at least 4 members (excludes halogenated alkanes) is 1. The maximum Gasteiger partial charge on any atom is 0.126 e. The van der Waals surface area contributed by atoms with Gasteiger partial charge in [0.05, 0.1) is 6.61 Å². The molecular weight excluding hydrogens is 258 g/mol. The fourth-order valence-electron chi connectivity index (χ4n) is 3.23. The lowest BCUT2D eigenvalue weighted by Gasteiger charge is -2.23. The Morgan fingerprint density at radius 2 is 2.19 bits per heavy atom. The van der Waals surface area contributed by atoms with Crippen LogP contribution in [0.2, 0.25) is 0 Å². The molecule has 2 nitrogen and oxygen atoms in total. The van der Waals surface area contributed by atoms with E-state index in [9.17, 15) is 0 Å². The van der Waals surface area contributed by atoms with Crippen LogP contribution in [0.1, 0.15) is 69.5 Å². The molecule has 0 aliphatic carbocycles. The number of rotatable bonds is 7. The third-order valence-corrected chi connectivity index (χ3v) is 4.70. The van der Waals surface area contributed by atoms with Crippen LogP contribution < -0.4 is 10.1 Å². The first-order valence-corrected chi connectivity index (χ1v) is 8.71. The number of nitrogens with one attached hydrogen (secondary N) is 1. The normalized spacial score (nSPS) is 19.5. The van der Waals surface area contributed by atoms with Crippen molar-refractivity contribution in [3.63, 3.8) is 0 Å². The molecule has 21 heavy (non-hydrogen) atoms. The number of fused-ring (bicyclic) bond motifs is 1. The molecule has 0 bridgehead atoms. The van der Waals surface area contributed by atoms with E-state index in [2.05, 4.69) is 44.3 Å². The van der Waals surface area contributed by atoms with Crippen LogP contribution in [0, 0.1) is 12.8 Å². The Kier molecular flexibility index (Phi) is 6.56. The summed E-state index contributed by atoms with van der Waals surface area (Å²) in [6.45, 7) is 8.73. The molecule has 2 unspecified atom stereocenters. The van der Waals surface area contributed by atoms with Gasteiger partial charge in [0.1, 0.15) is 5.75 Å². The highest BCUT2D eigenvalue weighted by molar-refractivity contribution is 5.43. The quantitative estimate of drug-likeness (QED) is 0.761. The first-order valence-electron chi connectivity index (χ1n) is 8.71. The lowest BCUT2D eigenvalue weighted by molar-refractivity contribution is 0.312. The lowest BCUT2D eigenvalue weighted by Crippen LogP contribution is -2.27. The molecule has 0 saturated heterocycles. The predicted molar refractivity (Wildman–Crippen MR) is 90.0 cm³/mol. The smallest absolute Gasteiger partial charge is 0.126 e. The highest BCUT2D eigenvalue weighted by atomic mass is 16.5. The zero-order valence-electron chi connectivity index (χ0n) is 14.0. The summed E-state index contributed by atoms with van der Waals surface area (Å²) in [6, 6.07) is 7.00. The lowest BCUT2D eigenvalue weighted by atomic mass is 9.96. The van der Waals surface area contributed by atoms with Gasteiger partial charge in [0.2, 0.25) is 0 Å². The Morgan fingerprint density at radius 1 is 1.33 bits per heavy atom. The van der Waals surface area contributed by atoms with E-state index in [1.54, 1.807) is 0 Å². The molecule has 1 heterocycles. The monoisotopic (exact) mass is 289 g/mol. The van der Waals surface area contributed by atoms with Gasteiger partial charge in [0.15, 0.2) is 0 Å². The van der Waals surface area contributed by atoms with Crippen LogP contribution in [0.4, 0.5) is 0 Å². The first kappa shape index (κ1) is 16.4. The van der Waals surface area contributed by atoms with Gasteiger partial charge >= 0.3 is 0 Å². The number of para-hydroxylation sites is 1.